The van der Waals surface area contributed by atoms with E-state index in [0.29, 0.717) is 6.04 Å². The van der Waals surface area contributed by atoms with Crippen LogP contribution in [-0.2, 0) is 0 Å². The molecule has 0 bridgehead atoms. The molecule has 1 aromatic carbocycles. The van der Waals surface area contributed by atoms with Gasteiger partial charge < -0.3 is 15.3 Å². The number of carboxylic acids is 1. The Morgan fingerprint density at radius 3 is 2.94 bits per heavy atom. The zero-order chi connectivity index (χ0) is 12.4. The SMILES string of the molecule is CN1CCC(Nc2ccc(Cl)c(C(=O)O)c2)C1. The van der Waals surface area contributed by atoms with Crippen LogP contribution >= 0.6 is 11.6 Å². The zero-order valence-corrected chi connectivity index (χ0v) is 10.4. The van der Waals surface area contributed by atoms with Crippen LogP contribution in [0.1, 0.15) is 16.8 Å². The average Bonchev–Trinajstić information content (AvgIpc) is 2.66. The summed E-state index contributed by atoms with van der Waals surface area (Å²) in [6.45, 7) is 2.04. The summed E-state index contributed by atoms with van der Waals surface area (Å²) < 4.78 is 0. The van der Waals surface area contributed by atoms with Crippen molar-refractivity contribution in [2.24, 2.45) is 0 Å². The van der Waals surface area contributed by atoms with Gasteiger partial charge in [-0.15, -0.1) is 0 Å². The molecule has 0 spiro atoms. The number of likely N-dealkylation sites (tertiary alicyclic amines) is 1. The second-order valence-corrected chi connectivity index (χ2v) is 4.80. The normalized spacial score (nSPS) is 20.5. The van der Waals surface area contributed by atoms with Crippen LogP contribution in [0.2, 0.25) is 5.02 Å². The molecular weight excluding hydrogens is 240 g/mol. The summed E-state index contributed by atoms with van der Waals surface area (Å²) >= 11 is 5.81. The lowest BCUT2D eigenvalue weighted by atomic mass is 10.1. The highest BCUT2D eigenvalue weighted by atomic mass is 35.5. The highest BCUT2D eigenvalue weighted by Crippen LogP contribution is 2.22. The lowest BCUT2D eigenvalue weighted by Crippen LogP contribution is -2.23. The number of carbonyl (C=O) groups is 1. The van der Waals surface area contributed by atoms with Crippen molar-refractivity contribution in [3.63, 3.8) is 0 Å². The summed E-state index contributed by atoms with van der Waals surface area (Å²) in [7, 11) is 2.08. The molecule has 1 fully saturated rings. The Morgan fingerprint density at radius 2 is 2.35 bits per heavy atom. The molecule has 0 radical (unpaired) electrons. The van der Waals surface area contributed by atoms with Crippen molar-refractivity contribution in [1.82, 2.24) is 4.90 Å². The molecule has 1 aromatic rings. The number of halogens is 1. The molecular formula is C12H15ClN2O2. The number of hydrogen-bond acceptors (Lipinski definition) is 3. The van der Waals surface area contributed by atoms with Gasteiger partial charge in [-0.25, -0.2) is 4.79 Å². The van der Waals surface area contributed by atoms with E-state index in [9.17, 15) is 4.79 Å². The number of hydrogen-bond donors (Lipinski definition) is 2. The molecule has 17 heavy (non-hydrogen) atoms. The van der Waals surface area contributed by atoms with Crippen LogP contribution in [0, 0.1) is 0 Å². The fraction of sp³-hybridized carbons (Fsp3) is 0.417. The van der Waals surface area contributed by atoms with Gasteiger partial charge in [0.15, 0.2) is 0 Å². The summed E-state index contributed by atoms with van der Waals surface area (Å²) in [5.74, 6) is -0.998. The van der Waals surface area contributed by atoms with Crippen LogP contribution in [0.4, 0.5) is 5.69 Å². The predicted molar refractivity (Wildman–Crippen MR) is 67.9 cm³/mol. The molecule has 0 saturated carbocycles. The number of aromatic carboxylic acids is 1. The minimum atomic E-state index is -0.998. The molecule has 1 unspecified atom stereocenters. The Hall–Kier alpha value is -1.26. The van der Waals surface area contributed by atoms with E-state index in [4.69, 9.17) is 16.7 Å². The molecule has 1 aliphatic heterocycles. The van der Waals surface area contributed by atoms with E-state index in [2.05, 4.69) is 17.3 Å². The summed E-state index contributed by atoms with van der Waals surface area (Å²) in [5.41, 5.74) is 0.954. The van der Waals surface area contributed by atoms with Crippen molar-refractivity contribution in [3.05, 3.63) is 28.8 Å². The van der Waals surface area contributed by atoms with Gasteiger partial charge >= 0.3 is 5.97 Å². The first-order valence-electron chi connectivity index (χ1n) is 5.54. The average molecular weight is 255 g/mol. The van der Waals surface area contributed by atoms with Gasteiger partial charge in [-0.2, -0.15) is 0 Å². The van der Waals surface area contributed by atoms with Crippen LogP contribution in [0.25, 0.3) is 0 Å². The Kier molecular flexibility index (Phi) is 3.54. The molecule has 2 N–H and O–H groups in total. The van der Waals surface area contributed by atoms with E-state index >= 15 is 0 Å². The first-order chi connectivity index (χ1) is 8.06. The Bertz CT molecular complexity index is 437. The van der Waals surface area contributed by atoms with Crippen molar-refractivity contribution in [2.45, 2.75) is 12.5 Å². The van der Waals surface area contributed by atoms with Gasteiger partial charge in [0.05, 0.1) is 10.6 Å². The van der Waals surface area contributed by atoms with Crippen molar-refractivity contribution in [2.75, 3.05) is 25.5 Å². The van der Waals surface area contributed by atoms with Crippen LogP contribution in [0.15, 0.2) is 18.2 Å². The number of carboxylic acid groups (broad SMARTS) is 1. The number of benzene rings is 1. The topological polar surface area (TPSA) is 52.6 Å². The molecule has 5 heteroatoms. The van der Waals surface area contributed by atoms with E-state index in [1.165, 1.54) is 0 Å². The quantitative estimate of drug-likeness (QED) is 0.868. The van der Waals surface area contributed by atoms with E-state index in [-0.39, 0.29) is 10.6 Å². The van der Waals surface area contributed by atoms with Crippen molar-refractivity contribution in [1.29, 1.82) is 0 Å². The van der Waals surface area contributed by atoms with Crippen LogP contribution in [0.3, 0.4) is 0 Å². The molecule has 1 atom stereocenters. The highest BCUT2D eigenvalue weighted by molar-refractivity contribution is 6.33. The van der Waals surface area contributed by atoms with Crippen LogP contribution in [-0.4, -0.2) is 42.2 Å². The largest absolute Gasteiger partial charge is 0.478 e. The maximum atomic E-state index is 10.9. The lowest BCUT2D eigenvalue weighted by Gasteiger charge is -2.14. The van der Waals surface area contributed by atoms with Gasteiger partial charge in [0.25, 0.3) is 0 Å². The van der Waals surface area contributed by atoms with Gasteiger partial charge in [0.2, 0.25) is 0 Å². The fourth-order valence-corrected chi connectivity index (χ4v) is 2.27. The van der Waals surface area contributed by atoms with Crippen LogP contribution < -0.4 is 5.32 Å². The summed E-state index contributed by atoms with van der Waals surface area (Å²) in [5, 5.41) is 12.6. The van der Waals surface area contributed by atoms with E-state index < -0.39 is 5.97 Å². The summed E-state index contributed by atoms with van der Waals surface area (Å²) in [4.78, 5) is 13.2. The number of nitrogens with zero attached hydrogens (tertiary/aromatic N) is 1. The molecule has 1 heterocycles. The number of rotatable bonds is 3. The standard InChI is InChI=1S/C12H15ClN2O2/c1-15-5-4-9(7-15)14-8-2-3-11(13)10(6-8)12(16)17/h2-3,6,9,14H,4-5,7H2,1H3,(H,16,17). The molecule has 4 nitrogen and oxygen atoms in total. The minimum Gasteiger partial charge on any atom is -0.478 e. The van der Waals surface area contributed by atoms with Gasteiger partial charge in [-0.3, -0.25) is 0 Å². The number of nitrogens with one attached hydrogen (secondary N) is 1. The Balaban J connectivity index is 2.11. The molecule has 0 amide bonds. The van der Waals surface area contributed by atoms with Gasteiger partial charge in [0.1, 0.15) is 0 Å². The van der Waals surface area contributed by atoms with Crippen LogP contribution in [0.5, 0.6) is 0 Å². The molecule has 0 aromatic heterocycles. The maximum absolute atomic E-state index is 10.9. The van der Waals surface area contributed by atoms with Crippen molar-refractivity contribution in [3.8, 4) is 0 Å². The van der Waals surface area contributed by atoms with E-state index in [1.807, 2.05) is 6.07 Å². The monoisotopic (exact) mass is 254 g/mol. The van der Waals surface area contributed by atoms with Crippen molar-refractivity contribution >= 4 is 23.3 Å². The maximum Gasteiger partial charge on any atom is 0.337 e. The summed E-state index contributed by atoms with van der Waals surface area (Å²) in [6, 6.07) is 5.39. The Morgan fingerprint density at radius 1 is 1.59 bits per heavy atom. The summed E-state index contributed by atoms with van der Waals surface area (Å²) in [6.07, 6.45) is 1.07. The lowest BCUT2D eigenvalue weighted by molar-refractivity contribution is 0.0697. The third-order valence-electron chi connectivity index (χ3n) is 2.96. The number of anilines is 1. The first-order valence-corrected chi connectivity index (χ1v) is 5.92. The molecule has 1 aliphatic rings. The predicted octanol–water partition coefficient (Wildman–Crippen LogP) is 2.15. The minimum absolute atomic E-state index is 0.142. The first kappa shape index (κ1) is 12.2. The second-order valence-electron chi connectivity index (χ2n) is 4.39. The third-order valence-corrected chi connectivity index (χ3v) is 3.29. The fourth-order valence-electron chi connectivity index (χ4n) is 2.07. The van der Waals surface area contributed by atoms with E-state index in [1.54, 1.807) is 12.1 Å². The van der Waals surface area contributed by atoms with E-state index in [0.717, 1.165) is 25.2 Å². The number of likely N-dealkylation sites (N-methyl/N-ethyl adjacent to an activating group) is 1. The van der Waals surface area contributed by atoms with Crippen molar-refractivity contribution < 1.29 is 9.90 Å². The third kappa shape index (κ3) is 2.90. The van der Waals surface area contributed by atoms with Gasteiger partial charge in [0, 0.05) is 18.3 Å². The molecule has 1 saturated heterocycles. The highest BCUT2D eigenvalue weighted by Gasteiger charge is 2.19. The molecule has 92 valence electrons. The van der Waals surface area contributed by atoms with Gasteiger partial charge in [-0.1, -0.05) is 11.6 Å². The van der Waals surface area contributed by atoms with Gasteiger partial charge in [-0.05, 0) is 38.2 Å². The Labute approximate surface area is 105 Å². The molecule has 2 rings (SSSR count). The second kappa shape index (κ2) is 4.94. The smallest absolute Gasteiger partial charge is 0.337 e. The zero-order valence-electron chi connectivity index (χ0n) is 9.61. The molecule has 0 aliphatic carbocycles.